The fourth-order valence-corrected chi connectivity index (χ4v) is 3.52. The number of amides is 2. The molecule has 2 unspecified atom stereocenters. The van der Waals surface area contributed by atoms with Crippen LogP contribution < -0.4 is 15.0 Å². The van der Waals surface area contributed by atoms with E-state index in [1.54, 1.807) is 11.8 Å². The van der Waals surface area contributed by atoms with Gasteiger partial charge in [0, 0.05) is 23.5 Å². The minimum absolute atomic E-state index is 0.0484. The highest BCUT2D eigenvalue weighted by Gasteiger charge is 2.31. The molecule has 0 fully saturated rings. The number of hydrogen-bond acceptors (Lipinski definition) is 3. The van der Waals surface area contributed by atoms with E-state index in [2.05, 4.69) is 33.4 Å². The zero-order valence-electron chi connectivity index (χ0n) is 16.2. The van der Waals surface area contributed by atoms with Gasteiger partial charge in [0.25, 0.3) is 5.91 Å². The van der Waals surface area contributed by atoms with Crippen LogP contribution in [-0.4, -0.2) is 30.5 Å². The first-order valence-corrected chi connectivity index (χ1v) is 10.3. The van der Waals surface area contributed by atoms with Crippen molar-refractivity contribution in [3.8, 4) is 5.75 Å². The Balaban J connectivity index is 1.49. The Morgan fingerprint density at radius 3 is 2.68 bits per heavy atom. The summed E-state index contributed by atoms with van der Waals surface area (Å²) in [6, 6.07) is 15.7. The van der Waals surface area contributed by atoms with Crippen molar-refractivity contribution in [2.24, 2.45) is 0 Å². The molecule has 0 radical (unpaired) electrons. The molecule has 0 bridgehead atoms. The molecule has 148 valence electrons. The highest BCUT2D eigenvalue weighted by Crippen LogP contribution is 2.33. The minimum atomic E-state index is -0.539. The Morgan fingerprint density at radius 2 is 1.93 bits per heavy atom. The van der Waals surface area contributed by atoms with Crippen LogP contribution >= 0.6 is 15.9 Å². The molecule has 0 saturated heterocycles. The standard InChI is InChI=1S/C22H25BrN2O3/c1-15(7-8-17-9-11-18(23)12-10-17)24-21(26)13-14-25-19-5-3-4-6-20(19)28-16(2)22(25)27/h3-6,9-12,15-16H,7-8,13-14H2,1-2H3,(H,24,26). The van der Waals surface area contributed by atoms with E-state index in [9.17, 15) is 9.59 Å². The number of nitrogens with zero attached hydrogens (tertiary/aromatic N) is 1. The molecule has 0 aliphatic carbocycles. The Hall–Kier alpha value is -2.34. The maximum absolute atomic E-state index is 12.5. The van der Waals surface area contributed by atoms with E-state index in [1.807, 2.05) is 43.3 Å². The Morgan fingerprint density at radius 1 is 1.21 bits per heavy atom. The number of carbonyl (C=O) groups is 2. The van der Waals surface area contributed by atoms with E-state index in [1.165, 1.54) is 5.56 Å². The van der Waals surface area contributed by atoms with Crippen LogP contribution in [0.15, 0.2) is 53.0 Å². The van der Waals surface area contributed by atoms with Crippen molar-refractivity contribution in [3.63, 3.8) is 0 Å². The molecule has 2 aromatic rings. The number of halogens is 1. The molecule has 1 aliphatic heterocycles. The lowest BCUT2D eigenvalue weighted by molar-refractivity contribution is -0.125. The van der Waals surface area contributed by atoms with Crippen LogP contribution in [0, 0.1) is 0 Å². The van der Waals surface area contributed by atoms with E-state index in [0.29, 0.717) is 12.3 Å². The second-order valence-electron chi connectivity index (χ2n) is 7.10. The van der Waals surface area contributed by atoms with Crippen molar-refractivity contribution in [1.82, 2.24) is 5.32 Å². The van der Waals surface area contributed by atoms with Crippen LogP contribution in [0.4, 0.5) is 5.69 Å². The Bertz CT molecular complexity index is 838. The smallest absolute Gasteiger partial charge is 0.267 e. The van der Waals surface area contributed by atoms with Gasteiger partial charge in [-0.15, -0.1) is 0 Å². The quantitative estimate of drug-likeness (QED) is 0.699. The number of ether oxygens (including phenoxy) is 1. The molecule has 0 aromatic heterocycles. The summed E-state index contributed by atoms with van der Waals surface area (Å²) in [5, 5.41) is 3.03. The number of aryl methyl sites for hydroxylation is 1. The van der Waals surface area contributed by atoms with E-state index in [0.717, 1.165) is 23.0 Å². The average molecular weight is 445 g/mol. The topological polar surface area (TPSA) is 58.6 Å². The Labute approximate surface area is 174 Å². The zero-order chi connectivity index (χ0) is 20.1. The van der Waals surface area contributed by atoms with Crippen molar-refractivity contribution >= 4 is 33.4 Å². The van der Waals surface area contributed by atoms with Crippen LogP contribution in [0.25, 0.3) is 0 Å². The van der Waals surface area contributed by atoms with Gasteiger partial charge >= 0.3 is 0 Å². The number of fused-ring (bicyclic) bond motifs is 1. The van der Waals surface area contributed by atoms with Gasteiger partial charge in [0.2, 0.25) is 5.91 Å². The number of benzene rings is 2. The minimum Gasteiger partial charge on any atom is -0.479 e. The van der Waals surface area contributed by atoms with Gasteiger partial charge in [-0.2, -0.15) is 0 Å². The number of rotatable bonds is 7. The molecule has 2 aromatic carbocycles. The first-order valence-electron chi connectivity index (χ1n) is 9.55. The highest BCUT2D eigenvalue weighted by atomic mass is 79.9. The fraction of sp³-hybridized carbons (Fsp3) is 0.364. The molecular formula is C22H25BrN2O3. The largest absolute Gasteiger partial charge is 0.479 e. The third-order valence-electron chi connectivity index (χ3n) is 4.82. The second kappa shape index (κ2) is 9.24. The number of para-hydroxylation sites is 2. The number of hydrogen-bond donors (Lipinski definition) is 1. The lowest BCUT2D eigenvalue weighted by Crippen LogP contribution is -2.46. The average Bonchev–Trinajstić information content (AvgIpc) is 2.68. The molecule has 5 nitrogen and oxygen atoms in total. The van der Waals surface area contributed by atoms with Gasteiger partial charge in [-0.1, -0.05) is 40.2 Å². The third-order valence-corrected chi connectivity index (χ3v) is 5.35. The van der Waals surface area contributed by atoms with E-state index in [-0.39, 0.29) is 24.3 Å². The third kappa shape index (κ3) is 5.13. The molecule has 3 rings (SSSR count). The molecular weight excluding hydrogens is 420 g/mol. The molecule has 1 aliphatic rings. The fourth-order valence-electron chi connectivity index (χ4n) is 3.26. The van der Waals surface area contributed by atoms with Crippen molar-refractivity contribution in [2.75, 3.05) is 11.4 Å². The number of carbonyl (C=O) groups excluding carboxylic acids is 2. The maximum Gasteiger partial charge on any atom is 0.267 e. The molecule has 28 heavy (non-hydrogen) atoms. The summed E-state index contributed by atoms with van der Waals surface area (Å²) < 4.78 is 6.69. The molecule has 1 N–H and O–H groups in total. The lowest BCUT2D eigenvalue weighted by atomic mass is 10.1. The molecule has 2 amide bonds. The summed E-state index contributed by atoms with van der Waals surface area (Å²) in [5.74, 6) is 0.514. The van der Waals surface area contributed by atoms with E-state index in [4.69, 9.17) is 4.74 Å². The van der Waals surface area contributed by atoms with Crippen LogP contribution in [0.3, 0.4) is 0 Å². The van der Waals surface area contributed by atoms with Crippen LogP contribution in [0.5, 0.6) is 5.75 Å². The van der Waals surface area contributed by atoms with Gasteiger partial charge in [0.1, 0.15) is 5.75 Å². The van der Waals surface area contributed by atoms with Crippen molar-refractivity contribution in [2.45, 2.75) is 45.3 Å². The molecule has 0 saturated carbocycles. The van der Waals surface area contributed by atoms with E-state index >= 15 is 0 Å². The SMILES string of the molecule is CC(CCc1ccc(Br)cc1)NC(=O)CCN1C(=O)C(C)Oc2ccccc21. The van der Waals surface area contributed by atoms with Crippen LogP contribution in [0.1, 0.15) is 32.3 Å². The molecule has 0 spiro atoms. The first-order chi connectivity index (χ1) is 13.4. The van der Waals surface area contributed by atoms with Gasteiger partial charge in [0.15, 0.2) is 6.10 Å². The maximum atomic E-state index is 12.5. The summed E-state index contributed by atoms with van der Waals surface area (Å²) >= 11 is 3.43. The second-order valence-corrected chi connectivity index (χ2v) is 8.02. The van der Waals surface area contributed by atoms with Crippen LogP contribution in [0.2, 0.25) is 0 Å². The van der Waals surface area contributed by atoms with Crippen molar-refractivity contribution in [1.29, 1.82) is 0 Å². The monoisotopic (exact) mass is 444 g/mol. The zero-order valence-corrected chi connectivity index (χ0v) is 17.7. The van der Waals surface area contributed by atoms with Gasteiger partial charge in [-0.25, -0.2) is 0 Å². The van der Waals surface area contributed by atoms with Gasteiger partial charge in [-0.3, -0.25) is 9.59 Å². The van der Waals surface area contributed by atoms with Gasteiger partial charge < -0.3 is 15.0 Å². The number of nitrogens with one attached hydrogen (secondary N) is 1. The van der Waals surface area contributed by atoms with Crippen LogP contribution in [-0.2, 0) is 16.0 Å². The summed E-state index contributed by atoms with van der Waals surface area (Å²) in [6.07, 6.45) is 1.49. The van der Waals surface area contributed by atoms with Gasteiger partial charge in [-0.05, 0) is 56.5 Å². The first kappa shape index (κ1) is 20.4. The summed E-state index contributed by atoms with van der Waals surface area (Å²) in [4.78, 5) is 26.5. The summed E-state index contributed by atoms with van der Waals surface area (Å²) in [6.45, 7) is 4.08. The van der Waals surface area contributed by atoms with Gasteiger partial charge in [0.05, 0.1) is 5.69 Å². The lowest BCUT2D eigenvalue weighted by Gasteiger charge is -2.32. The molecule has 2 atom stereocenters. The summed E-state index contributed by atoms with van der Waals surface area (Å²) in [7, 11) is 0. The summed E-state index contributed by atoms with van der Waals surface area (Å²) in [5.41, 5.74) is 1.97. The van der Waals surface area contributed by atoms with Crippen molar-refractivity contribution in [3.05, 3.63) is 58.6 Å². The number of anilines is 1. The highest BCUT2D eigenvalue weighted by molar-refractivity contribution is 9.10. The van der Waals surface area contributed by atoms with Crippen molar-refractivity contribution < 1.29 is 14.3 Å². The predicted octanol–water partition coefficient (Wildman–Crippen LogP) is 4.09. The predicted molar refractivity (Wildman–Crippen MR) is 114 cm³/mol. The Kier molecular flexibility index (Phi) is 6.73. The molecule has 1 heterocycles. The normalized spacial score (nSPS) is 16.9. The molecule has 6 heteroatoms. The van der Waals surface area contributed by atoms with E-state index < -0.39 is 6.10 Å².